The van der Waals surface area contributed by atoms with Crippen molar-refractivity contribution in [2.75, 3.05) is 13.7 Å². The van der Waals surface area contributed by atoms with E-state index in [0.717, 1.165) is 4.31 Å². The van der Waals surface area contributed by atoms with Gasteiger partial charge in [-0.1, -0.05) is 12.1 Å². The van der Waals surface area contributed by atoms with Crippen LogP contribution in [0.25, 0.3) is 10.9 Å². The predicted molar refractivity (Wildman–Crippen MR) is 129 cm³/mol. The van der Waals surface area contributed by atoms with E-state index in [1.807, 2.05) is 6.92 Å². The van der Waals surface area contributed by atoms with Crippen molar-refractivity contribution in [1.82, 2.24) is 9.29 Å². The standard InChI is InChI=1S/C25H24N2O7S/c1-3-33-19-10-11-22-17(14-19)13-18(24(28)26-22)15-27(16-20-7-6-12-34-20)35(30,31)23-9-5-4-8-21(23)25(29)32-2/h4-14H,3,15-16H2,1-2H3,(H,26,28). The topological polar surface area (TPSA) is 119 Å². The zero-order valence-electron chi connectivity index (χ0n) is 19.2. The Morgan fingerprint density at radius 2 is 1.86 bits per heavy atom. The first-order valence-corrected chi connectivity index (χ1v) is 12.3. The van der Waals surface area contributed by atoms with Crippen LogP contribution in [0, 0.1) is 0 Å². The zero-order chi connectivity index (χ0) is 25.0. The normalized spacial score (nSPS) is 11.6. The molecule has 0 spiro atoms. The third kappa shape index (κ3) is 5.13. The van der Waals surface area contributed by atoms with Crippen LogP contribution in [0.3, 0.4) is 0 Å². The van der Waals surface area contributed by atoms with Gasteiger partial charge in [-0.25, -0.2) is 13.2 Å². The average Bonchev–Trinajstić information content (AvgIpc) is 3.37. The number of sulfonamides is 1. The van der Waals surface area contributed by atoms with E-state index in [1.165, 1.54) is 31.6 Å². The Hall–Kier alpha value is -3.89. The molecule has 2 aromatic heterocycles. The van der Waals surface area contributed by atoms with Crippen LogP contribution in [-0.4, -0.2) is 37.4 Å². The van der Waals surface area contributed by atoms with Crippen LogP contribution < -0.4 is 10.3 Å². The highest BCUT2D eigenvalue weighted by atomic mass is 32.2. The molecule has 0 atom stereocenters. The molecule has 182 valence electrons. The summed E-state index contributed by atoms with van der Waals surface area (Å²) >= 11 is 0. The lowest BCUT2D eigenvalue weighted by Crippen LogP contribution is -2.33. The minimum atomic E-state index is -4.25. The van der Waals surface area contributed by atoms with Crippen molar-refractivity contribution in [1.29, 1.82) is 0 Å². The van der Waals surface area contributed by atoms with E-state index in [1.54, 1.807) is 42.5 Å². The molecule has 0 bridgehead atoms. The predicted octanol–water partition coefficient (Wildman–Crippen LogP) is 3.70. The molecule has 10 heteroatoms. The van der Waals surface area contributed by atoms with Crippen molar-refractivity contribution in [2.24, 2.45) is 0 Å². The van der Waals surface area contributed by atoms with Crippen LogP contribution in [0.2, 0.25) is 0 Å². The molecule has 4 aromatic rings. The number of methoxy groups -OCH3 is 1. The van der Waals surface area contributed by atoms with Crippen molar-refractivity contribution in [3.05, 3.63) is 94.2 Å². The van der Waals surface area contributed by atoms with Crippen LogP contribution in [0.4, 0.5) is 0 Å². The monoisotopic (exact) mass is 496 g/mol. The number of aromatic nitrogens is 1. The number of carbonyl (C=O) groups is 1. The van der Waals surface area contributed by atoms with E-state index in [9.17, 15) is 18.0 Å². The molecule has 0 fully saturated rings. The van der Waals surface area contributed by atoms with Gasteiger partial charge < -0.3 is 18.9 Å². The van der Waals surface area contributed by atoms with Gasteiger partial charge in [-0.2, -0.15) is 4.31 Å². The number of esters is 1. The number of rotatable bonds is 9. The number of pyridine rings is 1. The summed E-state index contributed by atoms with van der Waals surface area (Å²) in [6, 6.07) is 15.9. The molecule has 0 aliphatic carbocycles. The summed E-state index contributed by atoms with van der Waals surface area (Å²) in [6.07, 6.45) is 1.43. The van der Waals surface area contributed by atoms with Gasteiger partial charge in [0.15, 0.2) is 0 Å². The van der Waals surface area contributed by atoms with Gasteiger partial charge in [-0.05, 0) is 55.5 Å². The minimum Gasteiger partial charge on any atom is -0.494 e. The number of fused-ring (bicyclic) bond motifs is 1. The average molecular weight is 497 g/mol. The molecular formula is C25H24N2O7S. The van der Waals surface area contributed by atoms with E-state index in [2.05, 4.69) is 4.98 Å². The van der Waals surface area contributed by atoms with Crippen LogP contribution in [-0.2, 0) is 27.8 Å². The summed E-state index contributed by atoms with van der Waals surface area (Å²) < 4.78 is 44.3. The Kier molecular flexibility index (Phi) is 7.04. The number of carbonyl (C=O) groups excluding carboxylic acids is 1. The molecule has 0 saturated heterocycles. The third-order valence-electron chi connectivity index (χ3n) is 5.37. The van der Waals surface area contributed by atoms with Gasteiger partial charge in [0.05, 0.1) is 37.0 Å². The van der Waals surface area contributed by atoms with Gasteiger partial charge in [0.25, 0.3) is 5.56 Å². The van der Waals surface area contributed by atoms with Gasteiger partial charge in [0.1, 0.15) is 11.5 Å². The Balaban J connectivity index is 1.80. The fourth-order valence-electron chi connectivity index (χ4n) is 3.71. The summed E-state index contributed by atoms with van der Waals surface area (Å²) in [5, 5.41) is 0.691. The highest BCUT2D eigenvalue weighted by molar-refractivity contribution is 7.89. The van der Waals surface area contributed by atoms with Crippen LogP contribution in [0.5, 0.6) is 5.75 Å². The van der Waals surface area contributed by atoms with Crippen LogP contribution in [0.1, 0.15) is 28.6 Å². The van der Waals surface area contributed by atoms with E-state index < -0.39 is 21.6 Å². The van der Waals surface area contributed by atoms with Crippen molar-refractivity contribution in [3.8, 4) is 5.75 Å². The molecule has 2 heterocycles. The number of benzene rings is 2. The molecular weight excluding hydrogens is 472 g/mol. The van der Waals surface area contributed by atoms with Crippen molar-refractivity contribution in [3.63, 3.8) is 0 Å². The van der Waals surface area contributed by atoms with Crippen molar-refractivity contribution < 1.29 is 27.1 Å². The summed E-state index contributed by atoms with van der Waals surface area (Å²) in [7, 11) is -3.07. The lowest BCUT2D eigenvalue weighted by atomic mass is 10.1. The fourth-order valence-corrected chi connectivity index (χ4v) is 5.27. The molecule has 0 aliphatic heterocycles. The highest BCUT2D eigenvalue weighted by Gasteiger charge is 2.31. The number of hydrogen-bond donors (Lipinski definition) is 1. The summed E-state index contributed by atoms with van der Waals surface area (Å²) in [5.41, 5.74) is 0.284. The van der Waals surface area contributed by atoms with E-state index >= 15 is 0 Å². The van der Waals surface area contributed by atoms with Gasteiger partial charge in [-0.3, -0.25) is 4.79 Å². The smallest absolute Gasteiger partial charge is 0.339 e. The van der Waals surface area contributed by atoms with E-state index in [4.69, 9.17) is 13.9 Å². The second-order valence-electron chi connectivity index (χ2n) is 7.65. The molecule has 0 amide bonds. The molecule has 2 aromatic carbocycles. The van der Waals surface area contributed by atoms with E-state index in [-0.39, 0.29) is 29.1 Å². The SMILES string of the molecule is CCOc1ccc2[nH]c(=O)c(CN(Cc3ccco3)S(=O)(=O)c3ccccc3C(=O)OC)cc2c1. The second-order valence-corrected chi connectivity index (χ2v) is 9.55. The first-order valence-electron chi connectivity index (χ1n) is 10.8. The maximum absolute atomic E-state index is 13.8. The van der Waals surface area contributed by atoms with Gasteiger partial charge in [0.2, 0.25) is 10.0 Å². The minimum absolute atomic E-state index is 0.103. The van der Waals surface area contributed by atoms with Gasteiger partial charge in [0, 0.05) is 23.0 Å². The molecule has 4 rings (SSSR count). The Bertz CT molecular complexity index is 1510. The Morgan fingerprint density at radius 3 is 2.57 bits per heavy atom. The number of aromatic amines is 1. The maximum atomic E-state index is 13.8. The highest BCUT2D eigenvalue weighted by Crippen LogP contribution is 2.26. The molecule has 0 unspecified atom stereocenters. The van der Waals surface area contributed by atoms with Gasteiger partial charge >= 0.3 is 5.97 Å². The summed E-state index contributed by atoms with van der Waals surface area (Å²) in [4.78, 5) is 27.7. The van der Waals surface area contributed by atoms with Crippen molar-refractivity contribution in [2.45, 2.75) is 24.9 Å². The van der Waals surface area contributed by atoms with Gasteiger partial charge in [-0.15, -0.1) is 0 Å². The number of nitrogens with zero attached hydrogens (tertiary/aromatic N) is 1. The number of furan rings is 1. The molecule has 0 saturated carbocycles. The molecule has 9 nitrogen and oxygen atoms in total. The first-order chi connectivity index (χ1) is 16.8. The Labute approximate surface area is 202 Å². The molecule has 35 heavy (non-hydrogen) atoms. The molecule has 0 radical (unpaired) electrons. The number of ether oxygens (including phenoxy) is 2. The Morgan fingerprint density at radius 1 is 1.06 bits per heavy atom. The largest absolute Gasteiger partial charge is 0.494 e. The summed E-state index contributed by atoms with van der Waals surface area (Å²) in [5.74, 6) is 0.221. The van der Waals surface area contributed by atoms with Crippen LogP contribution >= 0.6 is 0 Å². The quantitative estimate of drug-likeness (QED) is 0.351. The lowest BCUT2D eigenvalue weighted by Gasteiger charge is -2.22. The number of nitrogens with one attached hydrogen (secondary N) is 1. The number of hydrogen-bond acceptors (Lipinski definition) is 7. The zero-order valence-corrected chi connectivity index (χ0v) is 20.0. The van der Waals surface area contributed by atoms with Crippen LogP contribution in [0.15, 0.2) is 81.0 Å². The van der Waals surface area contributed by atoms with E-state index in [0.29, 0.717) is 29.0 Å². The third-order valence-corrected chi connectivity index (χ3v) is 7.22. The molecule has 0 aliphatic rings. The molecule has 1 N–H and O–H groups in total. The summed E-state index contributed by atoms with van der Waals surface area (Å²) in [6.45, 7) is 1.94. The lowest BCUT2D eigenvalue weighted by molar-refractivity contribution is 0.0596. The van der Waals surface area contributed by atoms with Crippen molar-refractivity contribution >= 4 is 26.9 Å². The first kappa shape index (κ1) is 24.2. The fraction of sp³-hybridized carbons (Fsp3) is 0.200. The number of H-pyrrole nitrogens is 1. The maximum Gasteiger partial charge on any atom is 0.339 e. The second kappa shape index (κ2) is 10.2.